The van der Waals surface area contributed by atoms with Crippen molar-refractivity contribution in [3.05, 3.63) is 101 Å². The maximum Gasteiger partial charge on any atom is 0.332 e. The fourth-order valence-corrected chi connectivity index (χ4v) is 5.17. The summed E-state index contributed by atoms with van der Waals surface area (Å²) in [7, 11) is 1.55. The molecule has 5 rings (SSSR count). The first-order chi connectivity index (χ1) is 19.2. The van der Waals surface area contributed by atoms with Crippen molar-refractivity contribution in [1.82, 2.24) is 25.1 Å². The molecule has 2 saturated heterocycles. The number of urea groups is 1. The number of hydrazine groups is 1. The van der Waals surface area contributed by atoms with E-state index >= 15 is 0 Å². The van der Waals surface area contributed by atoms with Gasteiger partial charge in [-0.25, -0.2) is 13.6 Å². The van der Waals surface area contributed by atoms with Gasteiger partial charge in [-0.1, -0.05) is 48.5 Å². The van der Waals surface area contributed by atoms with E-state index in [0.717, 1.165) is 17.7 Å². The number of phenols is 1. The second-order valence-electron chi connectivity index (χ2n) is 9.89. The minimum atomic E-state index is -0.926. The van der Waals surface area contributed by atoms with Gasteiger partial charge in [0.05, 0.1) is 13.1 Å². The largest absolute Gasteiger partial charge is 0.508 e. The predicted octanol–water partition coefficient (Wildman–Crippen LogP) is 2.85. The van der Waals surface area contributed by atoms with Crippen LogP contribution in [-0.2, 0) is 29.1 Å². The van der Waals surface area contributed by atoms with E-state index < -0.39 is 29.9 Å². The zero-order valence-electron chi connectivity index (χ0n) is 21.8. The van der Waals surface area contributed by atoms with Crippen LogP contribution in [0.4, 0.5) is 13.6 Å². The quantitative estimate of drug-likeness (QED) is 0.473. The number of nitrogens with zero attached hydrogens (tertiary/aromatic N) is 4. The second-order valence-corrected chi connectivity index (χ2v) is 9.89. The number of carbonyl (C=O) groups is 3. The van der Waals surface area contributed by atoms with Gasteiger partial charge < -0.3 is 20.2 Å². The number of nitrogens with one attached hydrogen (secondary N) is 1. The number of carbonyl (C=O) groups excluding carboxylic acids is 3. The van der Waals surface area contributed by atoms with Crippen LogP contribution in [0.1, 0.15) is 16.7 Å². The third-order valence-electron chi connectivity index (χ3n) is 7.27. The van der Waals surface area contributed by atoms with Gasteiger partial charge >= 0.3 is 6.03 Å². The third-order valence-corrected chi connectivity index (χ3v) is 7.27. The van der Waals surface area contributed by atoms with Crippen LogP contribution in [0, 0.1) is 11.6 Å². The summed E-state index contributed by atoms with van der Waals surface area (Å²) in [6, 6.07) is 17.5. The molecule has 0 spiro atoms. The van der Waals surface area contributed by atoms with E-state index in [1.807, 2.05) is 30.3 Å². The number of benzene rings is 3. The number of hydrogen-bond acceptors (Lipinski definition) is 5. The highest BCUT2D eigenvalue weighted by molar-refractivity contribution is 5.91. The minimum absolute atomic E-state index is 0.0176. The van der Waals surface area contributed by atoms with Crippen molar-refractivity contribution in [2.75, 3.05) is 20.1 Å². The molecule has 0 bridgehead atoms. The van der Waals surface area contributed by atoms with E-state index in [2.05, 4.69) is 5.32 Å². The number of phenolic OH excluding ortho intramolecular Hbond substituents is 1. The molecule has 2 heterocycles. The number of rotatable bonds is 7. The topological polar surface area (TPSA) is 96.4 Å². The molecule has 2 aliphatic rings. The van der Waals surface area contributed by atoms with Crippen molar-refractivity contribution in [1.29, 1.82) is 0 Å². The Balaban J connectivity index is 1.40. The molecule has 208 valence electrons. The first-order valence-corrected chi connectivity index (χ1v) is 12.8. The molecule has 0 saturated carbocycles. The Labute approximate surface area is 230 Å². The zero-order valence-corrected chi connectivity index (χ0v) is 21.8. The number of halogens is 2. The van der Waals surface area contributed by atoms with Crippen LogP contribution in [-0.4, -0.2) is 75.1 Å². The van der Waals surface area contributed by atoms with Crippen molar-refractivity contribution < 1.29 is 28.3 Å². The van der Waals surface area contributed by atoms with Crippen molar-refractivity contribution >= 4 is 17.8 Å². The molecule has 0 unspecified atom stereocenters. The maximum absolute atomic E-state index is 14.5. The first kappa shape index (κ1) is 27.1. The highest BCUT2D eigenvalue weighted by atomic mass is 19.1. The molecular formula is C29H29F2N5O4. The molecule has 9 nitrogen and oxygen atoms in total. The number of piperazine rings is 1. The van der Waals surface area contributed by atoms with Gasteiger partial charge in [-0.2, -0.15) is 5.01 Å². The Morgan fingerprint density at radius 1 is 1.02 bits per heavy atom. The average molecular weight is 550 g/mol. The van der Waals surface area contributed by atoms with E-state index in [1.54, 1.807) is 24.2 Å². The Hall–Kier alpha value is -4.51. The Kier molecular flexibility index (Phi) is 7.65. The summed E-state index contributed by atoms with van der Waals surface area (Å²) in [4.78, 5) is 43.0. The molecule has 2 aliphatic heterocycles. The van der Waals surface area contributed by atoms with Crippen molar-refractivity contribution in [3.63, 3.8) is 0 Å². The zero-order chi connectivity index (χ0) is 28.4. The van der Waals surface area contributed by atoms with E-state index in [4.69, 9.17) is 0 Å². The van der Waals surface area contributed by atoms with Gasteiger partial charge in [0.25, 0.3) is 0 Å². The van der Waals surface area contributed by atoms with Gasteiger partial charge in [0.1, 0.15) is 29.6 Å². The Morgan fingerprint density at radius 2 is 1.75 bits per heavy atom. The van der Waals surface area contributed by atoms with Crippen LogP contribution in [0.25, 0.3) is 0 Å². The summed E-state index contributed by atoms with van der Waals surface area (Å²) in [6.45, 7) is 0.0488. The standard InChI is InChI=1S/C29H29F2N5O4/c1-33(29(40)32-15-20-5-3-2-4-6-20)35-18-27(38)36-25(13-19-7-11-23(37)12-8-19)28(39)34(17-26(35)36)16-21-9-10-22(30)14-24(21)31/h2-12,14,25-26,37H,13,15-18H2,1H3,(H,32,40)/t25-,26+/m0/s1. The predicted molar refractivity (Wildman–Crippen MR) is 141 cm³/mol. The number of hydrogen-bond donors (Lipinski definition) is 2. The summed E-state index contributed by atoms with van der Waals surface area (Å²) in [6.07, 6.45) is -0.537. The number of amides is 4. The summed E-state index contributed by atoms with van der Waals surface area (Å²) in [5.74, 6) is -2.14. The van der Waals surface area contributed by atoms with Gasteiger partial charge in [0.15, 0.2) is 0 Å². The molecule has 40 heavy (non-hydrogen) atoms. The molecule has 0 radical (unpaired) electrons. The smallest absolute Gasteiger partial charge is 0.332 e. The van der Waals surface area contributed by atoms with Gasteiger partial charge in [-0.3, -0.25) is 14.6 Å². The fourth-order valence-electron chi connectivity index (χ4n) is 5.17. The van der Waals surface area contributed by atoms with Crippen LogP contribution < -0.4 is 5.32 Å². The molecule has 11 heteroatoms. The molecule has 4 amide bonds. The highest BCUT2D eigenvalue weighted by Crippen LogP contribution is 2.30. The molecule has 0 aliphatic carbocycles. The highest BCUT2D eigenvalue weighted by Gasteiger charge is 2.51. The second kappa shape index (κ2) is 11.3. The molecule has 3 aromatic carbocycles. The van der Waals surface area contributed by atoms with Crippen molar-refractivity contribution in [2.24, 2.45) is 0 Å². The van der Waals surface area contributed by atoms with Crippen LogP contribution >= 0.6 is 0 Å². The van der Waals surface area contributed by atoms with E-state index in [0.29, 0.717) is 5.56 Å². The first-order valence-electron chi connectivity index (χ1n) is 12.8. The van der Waals surface area contributed by atoms with Crippen molar-refractivity contribution in [2.45, 2.75) is 31.7 Å². The number of fused-ring (bicyclic) bond motifs is 1. The monoisotopic (exact) mass is 549 g/mol. The Morgan fingerprint density at radius 3 is 2.45 bits per heavy atom. The van der Waals surface area contributed by atoms with Crippen LogP contribution in [0.15, 0.2) is 72.8 Å². The summed E-state index contributed by atoms with van der Waals surface area (Å²) < 4.78 is 28.1. The van der Waals surface area contributed by atoms with Crippen LogP contribution in [0.5, 0.6) is 5.75 Å². The summed E-state index contributed by atoms with van der Waals surface area (Å²) in [5, 5.41) is 15.4. The lowest BCUT2D eigenvalue weighted by molar-refractivity contribution is -0.157. The van der Waals surface area contributed by atoms with E-state index in [-0.39, 0.29) is 55.7 Å². The SMILES string of the molecule is CN(C(=O)NCc1ccccc1)N1CC(=O)N2[C@@H](Cc3ccc(O)cc3)C(=O)N(Cc3ccc(F)cc3F)C[C@@H]21. The van der Waals surface area contributed by atoms with E-state index in [1.165, 1.54) is 33.0 Å². The number of aromatic hydroxyl groups is 1. The summed E-state index contributed by atoms with van der Waals surface area (Å²) >= 11 is 0. The van der Waals surface area contributed by atoms with Gasteiger partial charge in [0, 0.05) is 38.2 Å². The molecule has 3 aromatic rings. The molecule has 2 N–H and O–H groups in total. The van der Waals surface area contributed by atoms with E-state index in [9.17, 15) is 28.3 Å². The van der Waals surface area contributed by atoms with Gasteiger partial charge in [-0.15, -0.1) is 0 Å². The third kappa shape index (κ3) is 5.59. The average Bonchev–Trinajstić information content (AvgIpc) is 3.27. The maximum atomic E-state index is 14.5. The van der Waals surface area contributed by atoms with Gasteiger partial charge in [-0.05, 0) is 29.3 Å². The molecule has 0 aromatic heterocycles. The Bertz CT molecular complexity index is 1410. The molecule has 2 fully saturated rings. The van der Waals surface area contributed by atoms with Crippen LogP contribution in [0.2, 0.25) is 0 Å². The molecular weight excluding hydrogens is 520 g/mol. The normalized spacial score (nSPS) is 19.1. The summed E-state index contributed by atoms with van der Waals surface area (Å²) in [5.41, 5.74) is 1.76. The molecule has 2 atom stereocenters. The fraction of sp³-hybridized carbons (Fsp3) is 0.276. The van der Waals surface area contributed by atoms with Crippen LogP contribution in [0.3, 0.4) is 0 Å². The van der Waals surface area contributed by atoms with Crippen molar-refractivity contribution in [3.8, 4) is 5.75 Å². The van der Waals surface area contributed by atoms with Gasteiger partial charge in [0.2, 0.25) is 11.8 Å². The lowest BCUT2D eigenvalue weighted by Gasteiger charge is -2.45. The minimum Gasteiger partial charge on any atom is -0.508 e. The lowest BCUT2D eigenvalue weighted by Crippen LogP contribution is -2.65. The lowest BCUT2D eigenvalue weighted by atomic mass is 10.00.